The Hall–Kier alpha value is -11.9. The number of hydrogen-bond donors (Lipinski definition) is 16. The van der Waals surface area contributed by atoms with Crippen LogP contribution in [0, 0.1) is 11.8 Å². The van der Waals surface area contributed by atoms with E-state index >= 15 is 0 Å². The molecule has 1 spiro atoms. The van der Waals surface area contributed by atoms with E-state index in [9.17, 15) is 113 Å². The van der Waals surface area contributed by atoms with Gasteiger partial charge in [-0.25, -0.2) is 9.59 Å². The first-order valence-corrected chi connectivity index (χ1v) is 34.1. The van der Waals surface area contributed by atoms with Crippen molar-refractivity contribution < 1.29 is 122 Å². The molecule has 35 nitrogen and oxygen atoms in total. The standard InChI is InChI=1S/C71H84N10O25/c1-7-33(4)58(68(101)80-22-8-9-51(80)65(98)78-50(69(102)103)30-57(90)91)79-64(97)48(24-36-10-13-38(82)14-11-36)77-66(99)52-26-41(85)31-81(52)67(100)35(6)73-62(95)47(23-32(2)3)75-59(92)34(5)72-61(94)46(20-21-55(86)87)74-63(96)49(29-56(88)89)76-60(93)37-12-17-42-45(25-37)71(106-70(42)104)43-18-15-39(83)27-53(43)105-54-28-40(84)16-19-44(54)71/h10-19,25,27-28,32-35,41,46-52,58,82-85H,7-9,20-24,26,29-31H2,1-6H3,(H,72,94)(H,73,95)(H,74,96)(H,75,92)(H,76,93)(H,77,99)(H,78,98)(H,79,97)(H,86,87)(H,88,89)(H,90,91)(H,102,103)/t33-,34+,35+,41-,46+,47+,48+,49+,50+,51+,52+,58+/m1/s1. The number of nitrogens with one attached hydrogen (secondary N) is 8. The number of β-amino-alcohol motifs (C(OH)–C–C–N with tert-alkyl or cyclic N) is 1. The second kappa shape index (κ2) is 34.1. The Balaban J connectivity index is 0.922. The number of amides is 10. The summed E-state index contributed by atoms with van der Waals surface area (Å²) < 4.78 is 12.0. The second-order valence-electron chi connectivity index (χ2n) is 26.9. The molecule has 568 valence electrons. The van der Waals surface area contributed by atoms with Gasteiger partial charge < -0.3 is 103 Å². The Morgan fingerprint density at radius 3 is 1.71 bits per heavy atom. The molecule has 4 aromatic rings. The summed E-state index contributed by atoms with van der Waals surface area (Å²) in [6.07, 6.45) is -4.87. The van der Waals surface area contributed by atoms with E-state index < -0.39 is 199 Å². The van der Waals surface area contributed by atoms with Crippen LogP contribution in [0.3, 0.4) is 0 Å². The number of esters is 1. The van der Waals surface area contributed by atoms with Gasteiger partial charge in [0.25, 0.3) is 5.91 Å². The number of phenols is 3. The smallest absolute Gasteiger partial charge is 0.340 e. The van der Waals surface area contributed by atoms with Crippen LogP contribution >= 0.6 is 0 Å². The minimum Gasteiger partial charge on any atom is -0.508 e. The van der Waals surface area contributed by atoms with Gasteiger partial charge in [-0.3, -0.25) is 62.3 Å². The van der Waals surface area contributed by atoms with Gasteiger partial charge in [-0.05, 0) is 112 Å². The maximum absolute atomic E-state index is 14.6. The number of hydrogen-bond acceptors (Lipinski definition) is 21. The quantitative estimate of drug-likeness (QED) is 0.0288. The van der Waals surface area contributed by atoms with Crippen LogP contribution in [-0.2, 0) is 79.1 Å². The lowest BCUT2D eigenvalue weighted by atomic mass is 9.77. The largest absolute Gasteiger partial charge is 0.508 e. The summed E-state index contributed by atoms with van der Waals surface area (Å²) in [5, 5.41) is 99.6. The molecule has 0 aromatic heterocycles. The molecule has 4 aliphatic rings. The highest BCUT2D eigenvalue weighted by Crippen LogP contribution is 2.57. The molecule has 106 heavy (non-hydrogen) atoms. The number of benzene rings is 4. The van der Waals surface area contributed by atoms with Crippen LogP contribution in [0.4, 0.5) is 0 Å². The number of aliphatic hydroxyl groups is 1. The predicted molar refractivity (Wildman–Crippen MR) is 365 cm³/mol. The Morgan fingerprint density at radius 1 is 0.557 bits per heavy atom. The lowest BCUT2D eigenvalue weighted by Crippen LogP contribution is -2.61. The normalized spacial score (nSPS) is 18.5. The fourth-order valence-corrected chi connectivity index (χ4v) is 13.0. The summed E-state index contributed by atoms with van der Waals surface area (Å²) in [5.74, 6) is -18.5. The van der Waals surface area contributed by atoms with Crippen LogP contribution in [-0.4, -0.2) is 219 Å². The second-order valence-corrected chi connectivity index (χ2v) is 26.9. The minimum absolute atomic E-state index is 0.00352. The van der Waals surface area contributed by atoms with Gasteiger partial charge in [0.15, 0.2) is 5.60 Å². The lowest BCUT2D eigenvalue weighted by Gasteiger charge is -2.36. The van der Waals surface area contributed by atoms with E-state index in [1.807, 2.05) is 0 Å². The molecule has 16 N–H and O–H groups in total. The minimum atomic E-state index is -1.98. The molecule has 0 saturated carbocycles. The van der Waals surface area contributed by atoms with E-state index in [-0.39, 0.29) is 101 Å². The highest BCUT2D eigenvalue weighted by Gasteiger charge is 2.54. The molecule has 10 amide bonds. The maximum atomic E-state index is 14.6. The van der Waals surface area contributed by atoms with E-state index in [2.05, 4.69) is 42.5 Å². The van der Waals surface area contributed by atoms with Crippen molar-refractivity contribution in [2.75, 3.05) is 13.1 Å². The van der Waals surface area contributed by atoms with Crippen molar-refractivity contribution in [1.29, 1.82) is 0 Å². The number of nitrogens with zero attached hydrogens (tertiary/aromatic N) is 2. The number of aromatic hydroxyl groups is 3. The molecular formula is C71H84N10O25. The fourth-order valence-electron chi connectivity index (χ4n) is 13.0. The first-order chi connectivity index (χ1) is 50.0. The Kier molecular flexibility index (Phi) is 25.7. The van der Waals surface area contributed by atoms with Crippen molar-refractivity contribution in [3.8, 4) is 28.7 Å². The van der Waals surface area contributed by atoms with E-state index in [0.717, 1.165) is 9.80 Å². The van der Waals surface area contributed by atoms with Gasteiger partial charge in [0, 0.05) is 66.7 Å². The number of carboxylic acid groups (broad SMARTS) is 4. The van der Waals surface area contributed by atoms with E-state index in [1.165, 1.54) is 92.7 Å². The molecule has 4 heterocycles. The number of phenolic OH excluding ortho intramolecular Hbond substituents is 3. The third-order valence-electron chi connectivity index (χ3n) is 18.6. The van der Waals surface area contributed by atoms with Crippen molar-refractivity contribution in [3.63, 3.8) is 0 Å². The lowest BCUT2D eigenvalue weighted by molar-refractivity contribution is -0.148. The summed E-state index contributed by atoms with van der Waals surface area (Å²) >= 11 is 0. The highest BCUT2D eigenvalue weighted by molar-refractivity contribution is 6.04. The number of rotatable bonds is 32. The van der Waals surface area contributed by atoms with E-state index in [0.29, 0.717) is 12.0 Å². The van der Waals surface area contributed by atoms with Gasteiger partial charge in [0.2, 0.25) is 53.2 Å². The van der Waals surface area contributed by atoms with Gasteiger partial charge in [-0.1, -0.05) is 46.2 Å². The van der Waals surface area contributed by atoms with E-state index in [4.69, 9.17) is 9.47 Å². The number of fused-ring (bicyclic) bond motifs is 6. The van der Waals surface area contributed by atoms with Crippen molar-refractivity contribution in [3.05, 3.63) is 112 Å². The van der Waals surface area contributed by atoms with Crippen LogP contribution in [0.5, 0.6) is 28.7 Å². The highest BCUT2D eigenvalue weighted by atomic mass is 16.6. The molecule has 0 bridgehead atoms. The first-order valence-electron chi connectivity index (χ1n) is 34.1. The third-order valence-corrected chi connectivity index (χ3v) is 18.6. The zero-order chi connectivity index (χ0) is 77.9. The number of carboxylic acids is 4. The van der Waals surface area contributed by atoms with Crippen LogP contribution in [0.25, 0.3) is 0 Å². The summed E-state index contributed by atoms with van der Waals surface area (Å²) in [6.45, 7) is 8.73. The van der Waals surface area contributed by atoms with Crippen LogP contribution < -0.4 is 47.3 Å². The molecule has 0 radical (unpaired) electrons. The molecule has 0 unspecified atom stereocenters. The molecule has 12 atom stereocenters. The molecule has 4 aliphatic heterocycles. The average molecular weight is 1480 g/mol. The average Bonchev–Trinajstić information content (AvgIpc) is 1.47. The summed E-state index contributed by atoms with van der Waals surface area (Å²) in [7, 11) is 0. The summed E-state index contributed by atoms with van der Waals surface area (Å²) in [5.41, 5.74) is -1.24. The molecule has 2 fully saturated rings. The number of carbonyl (C=O) groups is 15. The van der Waals surface area contributed by atoms with Crippen molar-refractivity contribution in [1.82, 2.24) is 52.3 Å². The zero-order valence-electron chi connectivity index (χ0n) is 58.4. The van der Waals surface area contributed by atoms with Crippen molar-refractivity contribution in [2.24, 2.45) is 11.8 Å². The van der Waals surface area contributed by atoms with Gasteiger partial charge in [-0.2, -0.15) is 0 Å². The van der Waals surface area contributed by atoms with Crippen LogP contribution in [0.1, 0.15) is 142 Å². The Morgan fingerprint density at radius 2 is 1.11 bits per heavy atom. The number of aliphatic carboxylic acids is 4. The SMILES string of the molecule is CC[C@@H](C)[C@H](NC(=O)[C@H](Cc1ccc(O)cc1)NC(=O)[C@@H]1C[C@@H](O)CN1C(=O)[C@H](C)NC(=O)[C@H](CC(C)C)NC(=O)[C@H](C)NC(=O)[C@H](CCC(=O)O)NC(=O)[C@H](CC(=O)O)NC(=O)c1ccc2c(c1)C1(OC2=O)c2ccc(O)cc2Oc2cc(O)ccc21)C(=O)N1CCC[C@H]1C(=O)N[C@@H](CC(=O)O)C(=O)O. The molecular weight excluding hydrogens is 1390 g/mol. The van der Waals surface area contributed by atoms with Crippen LogP contribution in [0.15, 0.2) is 78.9 Å². The van der Waals surface area contributed by atoms with Crippen molar-refractivity contribution >= 4 is 88.9 Å². The Bertz CT molecular complexity index is 4080. The van der Waals surface area contributed by atoms with Gasteiger partial charge in [0.1, 0.15) is 89.2 Å². The molecule has 0 aliphatic carbocycles. The zero-order valence-corrected chi connectivity index (χ0v) is 58.4. The number of likely N-dealkylation sites (tertiary alicyclic amines) is 2. The van der Waals surface area contributed by atoms with Gasteiger partial charge >= 0.3 is 29.8 Å². The van der Waals surface area contributed by atoms with Gasteiger partial charge in [0.05, 0.1) is 24.5 Å². The fraction of sp³-hybridized carbons (Fsp3) is 0.451. The first kappa shape index (κ1) is 79.8. The van der Waals surface area contributed by atoms with Crippen molar-refractivity contribution in [2.45, 2.75) is 178 Å². The Labute approximate surface area is 605 Å². The topological polar surface area (TPSA) is 539 Å². The molecule has 4 aromatic carbocycles. The maximum Gasteiger partial charge on any atom is 0.340 e. The van der Waals surface area contributed by atoms with E-state index in [1.54, 1.807) is 27.7 Å². The number of carbonyl (C=O) groups excluding carboxylic acids is 11. The monoisotopic (exact) mass is 1480 g/mol. The third kappa shape index (κ3) is 18.9. The molecule has 2 saturated heterocycles. The number of ether oxygens (including phenoxy) is 2. The molecule has 8 rings (SSSR count). The summed E-state index contributed by atoms with van der Waals surface area (Å²) in [4.78, 5) is 205. The van der Waals surface area contributed by atoms with Gasteiger partial charge in [-0.15, -0.1) is 0 Å². The predicted octanol–water partition coefficient (Wildman–Crippen LogP) is 0.0897. The summed E-state index contributed by atoms with van der Waals surface area (Å²) in [6, 6.07) is 1.38. The molecule has 35 heteroatoms. The number of aliphatic hydroxyl groups excluding tert-OH is 1. The van der Waals surface area contributed by atoms with Crippen LogP contribution in [0.2, 0.25) is 0 Å².